The zero-order valence-corrected chi connectivity index (χ0v) is 9.82. The molecule has 0 bridgehead atoms. The van der Waals surface area contributed by atoms with Crippen LogP contribution in [0, 0.1) is 10.1 Å². The molecule has 18 heavy (non-hydrogen) atoms. The highest BCUT2D eigenvalue weighted by Crippen LogP contribution is 2.21. The van der Waals surface area contributed by atoms with Crippen LogP contribution in [0.15, 0.2) is 18.5 Å². The Hall–Kier alpha value is -2.64. The summed E-state index contributed by atoms with van der Waals surface area (Å²) in [6.45, 7) is 0. The lowest BCUT2D eigenvalue weighted by Gasteiger charge is -2.05. The van der Waals surface area contributed by atoms with Crippen LogP contribution in [0.5, 0.6) is 0 Å². The molecule has 2 N–H and O–H groups in total. The third-order valence-electron chi connectivity index (χ3n) is 1.90. The van der Waals surface area contributed by atoms with Gasteiger partial charge in [0.2, 0.25) is 0 Å². The Balaban J connectivity index is 3.15. The van der Waals surface area contributed by atoms with Crippen molar-refractivity contribution in [3.8, 4) is 0 Å². The van der Waals surface area contributed by atoms with E-state index in [1.807, 2.05) is 5.32 Å². The van der Waals surface area contributed by atoms with Crippen molar-refractivity contribution in [3.63, 3.8) is 0 Å². The molecule has 1 rings (SSSR count). The number of aromatic nitrogens is 1. The van der Waals surface area contributed by atoms with E-state index < -0.39 is 11.0 Å². The Kier molecular flexibility index (Phi) is 4.19. The molecule has 0 fully saturated rings. The number of pyridine rings is 1. The normalized spacial score (nSPS) is 10.3. The Morgan fingerprint density at radius 3 is 2.78 bits per heavy atom. The smallest absolute Gasteiger partial charge is 0.410 e. The van der Waals surface area contributed by atoms with Crippen LogP contribution in [0.4, 0.5) is 16.3 Å². The van der Waals surface area contributed by atoms with Crippen LogP contribution in [0.2, 0.25) is 0 Å². The molecule has 0 aliphatic rings. The maximum Gasteiger partial charge on any atom is 0.410 e. The van der Waals surface area contributed by atoms with Crippen molar-refractivity contribution < 1.29 is 14.8 Å². The van der Waals surface area contributed by atoms with Crippen molar-refractivity contribution in [3.05, 3.63) is 34.1 Å². The first kappa shape index (κ1) is 13.4. The summed E-state index contributed by atoms with van der Waals surface area (Å²) in [5.41, 5.74) is 0.0801. The Morgan fingerprint density at radius 2 is 2.28 bits per heavy atom. The van der Waals surface area contributed by atoms with E-state index in [2.05, 4.69) is 4.98 Å². The minimum atomic E-state index is -1.28. The zero-order chi connectivity index (χ0) is 13.7. The van der Waals surface area contributed by atoms with E-state index in [0.717, 1.165) is 6.20 Å². The topological polar surface area (TPSA) is 109 Å². The van der Waals surface area contributed by atoms with Crippen molar-refractivity contribution in [1.29, 1.82) is 0 Å². The molecule has 0 saturated carbocycles. The van der Waals surface area contributed by atoms with Gasteiger partial charge in [0.25, 0.3) is 5.69 Å². The van der Waals surface area contributed by atoms with Gasteiger partial charge in [-0.15, -0.1) is 0 Å². The molecule has 0 aliphatic carbocycles. The largest absolute Gasteiger partial charge is 0.465 e. The van der Waals surface area contributed by atoms with Gasteiger partial charge in [-0.2, -0.15) is 0 Å². The van der Waals surface area contributed by atoms with E-state index >= 15 is 0 Å². The van der Waals surface area contributed by atoms with Gasteiger partial charge >= 0.3 is 6.09 Å². The van der Waals surface area contributed by atoms with Gasteiger partial charge in [0.1, 0.15) is 12.0 Å². The summed E-state index contributed by atoms with van der Waals surface area (Å²) < 4.78 is 0. The molecule has 0 atom stereocenters. The molecular weight excluding hydrogens is 240 g/mol. The zero-order valence-electron chi connectivity index (χ0n) is 9.82. The van der Waals surface area contributed by atoms with E-state index in [4.69, 9.17) is 5.11 Å². The highest BCUT2D eigenvalue weighted by atomic mass is 16.6. The van der Waals surface area contributed by atoms with Crippen molar-refractivity contribution in [2.24, 2.45) is 0 Å². The van der Waals surface area contributed by atoms with E-state index in [1.165, 1.54) is 12.1 Å². The first-order valence-electron chi connectivity index (χ1n) is 4.89. The monoisotopic (exact) mass is 252 g/mol. The Labute approximate surface area is 103 Å². The van der Waals surface area contributed by atoms with Crippen molar-refractivity contribution in [2.45, 2.75) is 0 Å². The van der Waals surface area contributed by atoms with E-state index in [9.17, 15) is 14.9 Å². The number of anilines is 1. The lowest BCUT2D eigenvalue weighted by Crippen LogP contribution is -2.09. The number of carbonyl (C=O) groups is 1. The fourth-order valence-electron chi connectivity index (χ4n) is 1.16. The quantitative estimate of drug-likeness (QED) is 0.622. The van der Waals surface area contributed by atoms with Gasteiger partial charge in [-0.3, -0.25) is 15.4 Å². The Bertz CT molecular complexity index is 499. The minimum Gasteiger partial charge on any atom is -0.465 e. The highest BCUT2D eigenvalue weighted by Gasteiger charge is 2.14. The molecule has 1 aromatic heterocycles. The van der Waals surface area contributed by atoms with E-state index in [-0.39, 0.29) is 17.1 Å². The molecule has 0 saturated heterocycles. The van der Waals surface area contributed by atoms with Gasteiger partial charge in [-0.05, 0) is 18.3 Å². The number of nitro groups is 1. The van der Waals surface area contributed by atoms with Gasteiger partial charge in [0, 0.05) is 14.1 Å². The second kappa shape index (κ2) is 5.62. The number of carboxylic acid groups (broad SMARTS) is 1. The summed E-state index contributed by atoms with van der Waals surface area (Å²) >= 11 is 0. The fourth-order valence-corrected chi connectivity index (χ4v) is 1.16. The number of nitrogens with one attached hydrogen (secondary N) is 1. The molecule has 1 heterocycles. The molecule has 0 aromatic carbocycles. The number of amides is 1. The molecule has 1 aromatic rings. The SMILES string of the molecule is CN(C)C=Cc1cc(NC(=O)O)ncc1[N+](=O)[O-]. The Morgan fingerprint density at radius 1 is 1.61 bits per heavy atom. The summed E-state index contributed by atoms with van der Waals surface area (Å²) in [4.78, 5) is 26.0. The van der Waals surface area contributed by atoms with Crippen molar-refractivity contribution >= 4 is 23.7 Å². The lowest BCUT2D eigenvalue weighted by molar-refractivity contribution is -0.385. The van der Waals surface area contributed by atoms with Gasteiger partial charge in [0.15, 0.2) is 0 Å². The van der Waals surface area contributed by atoms with E-state index in [1.54, 1.807) is 25.2 Å². The summed E-state index contributed by atoms with van der Waals surface area (Å²) in [6.07, 6.45) is 2.86. The van der Waals surface area contributed by atoms with Crippen molar-refractivity contribution in [2.75, 3.05) is 19.4 Å². The lowest BCUT2D eigenvalue weighted by atomic mass is 10.2. The standard InChI is InChI=1S/C10H12N4O4/c1-13(2)4-3-7-5-9(12-10(15)16)11-6-8(7)14(17)18/h3-6H,1-2H3,(H,11,12)(H,15,16). The van der Waals surface area contributed by atoms with Crippen LogP contribution >= 0.6 is 0 Å². The predicted molar refractivity (Wildman–Crippen MR) is 65.3 cm³/mol. The molecule has 8 heteroatoms. The van der Waals surface area contributed by atoms with Crippen LogP contribution in [0.3, 0.4) is 0 Å². The average molecular weight is 252 g/mol. The summed E-state index contributed by atoms with van der Waals surface area (Å²) in [6, 6.07) is 1.30. The number of hydrogen-bond acceptors (Lipinski definition) is 5. The number of nitrogens with zero attached hydrogens (tertiary/aromatic N) is 3. The first-order chi connectivity index (χ1) is 8.40. The first-order valence-corrected chi connectivity index (χ1v) is 4.89. The van der Waals surface area contributed by atoms with Gasteiger partial charge in [-0.25, -0.2) is 9.78 Å². The number of rotatable bonds is 4. The van der Waals surface area contributed by atoms with Crippen LogP contribution in [0.1, 0.15) is 5.56 Å². The van der Waals surface area contributed by atoms with Crippen LogP contribution in [-0.2, 0) is 0 Å². The highest BCUT2D eigenvalue weighted by molar-refractivity contribution is 5.82. The molecule has 0 spiro atoms. The average Bonchev–Trinajstić information content (AvgIpc) is 2.25. The van der Waals surface area contributed by atoms with Crippen LogP contribution < -0.4 is 5.32 Å². The third kappa shape index (κ3) is 3.74. The van der Waals surface area contributed by atoms with E-state index in [0.29, 0.717) is 0 Å². The molecule has 0 unspecified atom stereocenters. The van der Waals surface area contributed by atoms with Gasteiger partial charge in [0.05, 0.1) is 10.5 Å². The summed E-state index contributed by atoms with van der Waals surface area (Å²) in [5.74, 6) is 0.0338. The third-order valence-corrected chi connectivity index (χ3v) is 1.90. The fraction of sp³-hybridized carbons (Fsp3) is 0.200. The molecule has 0 aliphatic heterocycles. The molecule has 0 radical (unpaired) electrons. The summed E-state index contributed by atoms with van der Waals surface area (Å²) in [5, 5.41) is 21.4. The molecule has 96 valence electrons. The maximum absolute atomic E-state index is 10.8. The summed E-state index contributed by atoms with van der Waals surface area (Å²) in [7, 11) is 3.53. The molecular formula is C10H12N4O4. The molecule has 1 amide bonds. The van der Waals surface area contributed by atoms with Crippen LogP contribution in [0.25, 0.3) is 6.08 Å². The van der Waals surface area contributed by atoms with Gasteiger partial charge < -0.3 is 10.0 Å². The predicted octanol–water partition coefficient (Wildman–Crippen LogP) is 1.61. The second-order valence-electron chi connectivity index (χ2n) is 3.59. The minimum absolute atomic E-state index is 0.0338. The second-order valence-corrected chi connectivity index (χ2v) is 3.59. The maximum atomic E-state index is 10.8. The number of hydrogen-bond donors (Lipinski definition) is 2. The van der Waals surface area contributed by atoms with Crippen molar-refractivity contribution in [1.82, 2.24) is 9.88 Å². The van der Waals surface area contributed by atoms with Gasteiger partial charge in [-0.1, -0.05) is 0 Å². The molecule has 8 nitrogen and oxygen atoms in total. The van der Waals surface area contributed by atoms with Crippen LogP contribution in [-0.4, -0.2) is 40.1 Å².